The second-order valence-electron chi connectivity index (χ2n) is 7.07. The van der Waals surface area contributed by atoms with Gasteiger partial charge in [-0.2, -0.15) is 0 Å². The number of benzene rings is 2. The lowest BCUT2D eigenvalue weighted by molar-refractivity contribution is -0.136. The fourth-order valence-corrected chi connectivity index (χ4v) is 4.01. The van der Waals surface area contributed by atoms with Gasteiger partial charge in [-0.15, -0.1) is 0 Å². The van der Waals surface area contributed by atoms with Crippen molar-refractivity contribution in [2.75, 3.05) is 13.1 Å². The summed E-state index contributed by atoms with van der Waals surface area (Å²) in [5.74, 6) is 0.0469. The summed E-state index contributed by atoms with van der Waals surface area (Å²) < 4.78 is 1.92. The summed E-state index contributed by atoms with van der Waals surface area (Å²) in [5.41, 5.74) is 0.894. The highest BCUT2D eigenvalue weighted by atomic mass is 35.5. The van der Waals surface area contributed by atoms with Crippen molar-refractivity contribution in [3.8, 4) is 0 Å². The number of fused-ring (bicyclic) bond motifs is 1. The number of piperidine rings is 1. The number of aliphatic hydroxyl groups is 1. The highest BCUT2D eigenvalue weighted by Crippen LogP contribution is 2.33. The molecule has 140 valence electrons. The van der Waals surface area contributed by atoms with Crippen LogP contribution in [0.3, 0.4) is 0 Å². The van der Waals surface area contributed by atoms with Gasteiger partial charge in [0.05, 0.1) is 5.60 Å². The van der Waals surface area contributed by atoms with Crippen LogP contribution in [0.2, 0.25) is 10.0 Å². The minimum atomic E-state index is -0.908. The largest absolute Gasteiger partial charge is 0.385 e. The molecule has 1 aliphatic heterocycles. The van der Waals surface area contributed by atoms with Crippen molar-refractivity contribution < 1.29 is 9.90 Å². The van der Waals surface area contributed by atoms with E-state index in [1.54, 1.807) is 12.1 Å². The number of likely N-dealkylation sites (tertiary alicyclic amines) is 1. The molecule has 27 heavy (non-hydrogen) atoms. The van der Waals surface area contributed by atoms with Crippen LogP contribution >= 0.6 is 23.2 Å². The average Bonchev–Trinajstić information content (AvgIpc) is 3.04. The molecule has 0 radical (unpaired) electrons. The number of carbonyl (C=O) groups is 1. The average molecular weight is 403 g/mol. The Morgan fingerprint density at radius 3 is 2.37 bits per heavy atom. The van der Waals surface area contributed by atoms with E-state index in [0.29, 0.717) is 36.0 Å². The molecule has 0 spiro atoms. The summed E-state index contributed by atoms with van der Waals surface area (Å²) in [6, 6.07) is 14.9. The maximum atomic E-state index is 12.8. The van der Waals surface area contributed by atoms with Crippen molar-refractivity contribution in [3.63, 3.8) is 0 Å². The molecule has 1 N–H and O–H groups in total. The molecule has 4 rings (SSSR count). The van der Waals surface area contributed by atoms with E-state index in [-0.39, 0.29) is 12.5 Å². The van der Waals surface area contributed by atoms with Gasteiger partial charge in [0, 0.05) is 34.8 Å². The van der Waals surface area contributed by atoms with Crippen LogP contribution in [0, 0.1) is 0 Å². The Labute approximate surface area is 167 Å². The van der Waals surface area contributed by atoms with Gasteiger partial charge in [0.25, 0.3) is 0 Å². The fraction of sp³-hybridized carbons (Fsp3) is 0.286. The zero-order valence-corrected chi connectivity index (χ0v) is 16.2. The monoisotopic (exact) mass is 402 g/mol. The first kappa shape index (κ1) is 18.4. The first-order valence-corrected chi connectivity index (χ1v) is 9.71. The van der Waals surface area contributed by atoms with Gasteiger partial charge < -0.3 is 14.6 Å². The predicted molar refractivity (Wildman–Crippen MR) is 108 cm³/mol. The highest BCUT2D eigenvalue weighted by molar-refractivity contribution is 6.31. The topological polar surface area (TPSA) is 45.5 Å². The van der Waals surface area contributed by atoms with Gasteiger partial charge in [-0.25, -0.2) is 0 Å². The zero-order chi connectivity index (χ0) is 19.0. The van der Waals surface area contributed by atoms with E-state index in [2.05, 4.69) is 0 Å². The second kappa shape index (κ2) is 7.19. The lowest BCUT2D eigenvalue weighted by Gasteiger charge is -2.38. The standard InChI is InChI=1S/C21H20Cl2N2O2/c22-17-5-2-16(3-6-17)21(27)8-11-24(12-9-21)20(26)14-25-10-7-15-1-4-18(23)13-19(15)25/h1-7,10,13,27H,8-9,11-12,14H2. The fourth-order valence-electron chi connectivity index (χ4n) is 3.72. The molecule has 4 nitrogen and oxygen atoms in total. The highest BCUT2D eigenvalue weighted by Gasteiger charge is 2.35. The van der Waals surface area contributed by atoms with Crippen LogP contribution in [0.15, 0.2) is 54.7 Å². The normalized spacial score (nSPS) is 16.6. The first-order valence-electron chi connectivity index (χ1n) is 8.95. The van der Waals surface area contributed by atoms with Crippen molar-refractivity contribution in [2.45, 2.75) is 25.0 Å². The number of carbonyl (C=O) groups excluding carboxylic acids is 1. The molecule has 1 saturated heterocycles. The third kappa shape index (κ3) is 3.70. The van der Waals surface area contributed by atoms with Crippen LogP contribution in [-0.4, -0.2) is 33.6 Å². The number of halogens is 2. The molecule has 0 saturated carbocycles. The molecule has 3 aromatic rings. The van der Waals surface area contributed by atoms with Crippen molar-refractivity contribution in [3.05, 3.63) is 70.3 Å². The predicted octanol–water partition coefficient (Wildman–Crippen LogP) is 4.46. The van der Waals surface area contributed by atoms with Crippen molar-refractivity contribution in [2.24, 2.45) is 0 Å². The molecular weight excluding hydrogens is 383 g/mol. The van der Waals surface area contributed by atoms with Gasteiger partial charge in [-0.05, 0) is 54.1 Å². The SMILES string of the molecule is O=C(Cn1ccc2ccc(Cl)cc21)N1CCC(O)(c2ccc(Cl)cc2)CC1. The van der Waals surface area contributed by atoms with Gasteiger partial charge >= 0.3 is 0 Å². The molecule has 1 aromatic heterocycles. The smallest absolute Gasteiger partial charge is 0.242 e. The maximum Gasteiger partial charge on any atom is 0.242 e. The van der Waals surface area contributed by atoms with E-state index in [0.717, 1.165) is 16.5 Å². The number of hydrogen-bond donors (Lipinski definition) is 1. The molecule has 0 aliphatic carbocycles. The molecule has 1 aliphatic rings. The summed E-state index contributed by atoms with van der Waals surface area (Å²) >= 11 is 12.0. The van der Waals surface area contributed by atoms with E-state index >= 15 is 0 Å². The molecule has 0 unspecified atom stereocenters. The lowest BCUT2D eigenvalue weighted by Crippen LogP contribution is -2.46. The van der Waals surface area contributed by atoms with Crippen molar-refractivity contribution in [1.82, 2.24) is 9.47 Å². The summed E-state index contributed by atoms with van der Waals surface area (Å²) in [5, 5.41) is 13.3. The third-order valence-electron chi connectivity index (χ3n) is 5.37. The molecule has 6 heteroatoms. The number of amides is 1. The van der Waals surface area contributed by atoms with Crippen LogP contribution in [-0.2, 0) is 16.9 Å². The molecular formula is C21H20Cl2N2O2. The summed E-state index contributed by atoms with van der Waals surface area (Å²) in [6.07, 6.45) is 2.93. The quantitative estimate of drug-likeness (QED) is 0.702. The first-order chi connectivity index (χ1) is 12.9. The molecule has 0 bridgehead atoms. The summed E-state index contributed by atoms with van der Waals surface area (Å²) in [7, 11) is 0. The second-order valence-corrected chi connectivity index (χ2v) is 7.94. The number of hydrogen-bond acceptors (Lipinski definition) is 2. The van der Waals surface area contributed by atoms with Gasteiger partial charge in [0.2, 0.25) is 5.91 Å². The Balaban J connectivity index is 1.44. The van der Waals surface area contributed by atoms with Gasteiger partial charge in [0.15, 0.2) is 0 Å². The van der Waals surface area contributed by atoms with Gasteiger partial charge in [0.1, 0.15) is 6.54 Å². The summed E-state index contributed by atoms with van der Waals surface area (Å²) in [6.45, 7) is 1.32. The van der Waals surface area contributed by atoms with Crippen LogP contribution in [0.4, 0.5) is 0 Å². The van der Waals surface area contributed by atoms with Crippen LogP contribution in [0.25, 0.3) is 10.9 Å². The maximum absolute atomic E-state index is 12.8. The van der Waals surface area contributed by atoms with Gasteiger partial charge in [-0.1, -0.05) is 41.4 Å². The third-order valence-corrected chi connectivity index (χ3v) is 5.85. The van der Waals surface area contributed by atoms with Gasteiger partial charge in [-0.3, -0.25) is 4.79 Å². The van der Waals surface area contributed by atoms with E-state index in [1.807, 2.05) is 52.1 Å². The molecule has 2 heterocycles. The minimum Gasteiger partial charge on any atom is -0.385 e. The number of aromatic nitrogens is 1. The van der Waals surface area contributed by atoms with E-state index in [9.17, 15) is 9.90 Å². The van der Waals surface area contributed by atoms with E-state index in [4.69, 9.17) is 23.2 Å². The van der Waals surface area contributed by atoms with Crippen LogP contribution in [0.5, 0.6) is 0 Å². The summed E-state index contributed by atoms with van der Waals surface area (Å²) in [4.78, 5) is 14.6. The molecule has 2 aromatic carbocycles. The Morgan fingerprint density at radius 2 is 1.67 bits per heavy atom. The Bertz CT molecular complexity index is 974. The van der Waals surface area contributed by atoms with E-state index < -0.39 is 5.60 Å². The molecule has 1 fully saturated rings. The Morgan fingerprint density at radius 1 is 1.00 bits per heavy atom. The molecule has 1 amide bonds. The lowest BCUT2D eigenvalue weighted by atomic mass is 9.84. The van der Waals surface area contributed by atoms with Crippen LogP contribution < -0.4 is 0 Å². The Hall–Kier alpha value is -2.01. The minimum absolute atomic E-state index is 0.0469. The zero-order valence-electron chi connectivity index (χ0n) is 14.7. The number of nitrogens with zero attached hydrogens (tertiary/aromatic N) is 2. The number of rotatable bonds is 3. The van der Waals surface area contributed by atoms with Crippen molar-refractivity contribution >= 4 is 40.0 Å². The van der Waals surface area contributed by atoms with Crippen molar-refractivity contribution in [1.29, 1.82) is 0 Å². The van der Waals surface area contributed by atoms with Crippen LogP contribution in [0.1, 0.15) is 18.4 Å². The Kier molecular flexibility index (Phi) is 4.89. The molecule has 0 atom stereocenters. The van der Waals surface area contributed by atoms with E-state index in [1.165, 1.54) is 0 Å².